The molecular weight excluding hydrogens is 556 g/mol. The highest BCUT2D eigenvalue weighted by Gasteiger charge is 2.26. The molecule has 6 rings (SSSR count). The van der Waals surface area contributed by atoms with E-state index >= 15 is 4.39 Å². The maximum atomic E-state index is 15.1. The predicted octanol–water partition coefficient (Wildman–Crippen LogP) is 6.12. The summed E-state index contributed by atoms with van der Waals surface area (Å²) in [5.74, 6) is -0.269. The Morgan fingerprint density at radius 2 is 1.88 bits per heavy atom. The average Bonchev–Trinajstić information content (AvgIpc) is 3.40. The van der Waals surface area contributed by atoms with Crippen molar-refractivity contribution in [3.8, 4) is 17.0 Å². The van der Waals surface area contributed by atoms with Crippen molar-refractivity contribution in [2.45, 2.75) is 38.6 Å². The third-order valence-corrected chi connectivity index (χ3v) is 9.21. The fourth-order valence-corrected chi connectivity index (χ4v) is 6.79. The number of halogens is 2. The minimum atomic E-state index is -0.625. The maximum Gasteiger partial charge on any atom is 0.227 e. The first-order valence-corrected chi connectivity index (χ1v) is 15.4. The normalized spacial score (nSPS) is 16.3. The van der Waals surface area contributed by atoms with Crippen molar-refractivity contribution in [1.29, 1.82) is 0 Å². The molecule has 0 aliphatic carbocycles. The van der Waals surface area contributed by atoms with E-state index in [4.69, 9.17) is 9.72 Å². The van der Waals surface area contributed by atoms with Crippen LogP contribution in [0.1, 0.15) is 37.6 Å². The molecule has 2 aliphatic rings. The van der Waals surface area contributed by atoms with Gasteiger partial charge in [0, 0.05) is 36.3 Å². The monoisotopic (exact) mass is 593 g/mol. The van der Waals surface area contributed by atoms with E-state index in [1.807, 2.05) is 26.0 Å². The molecule has 2 aliphatic heterocycles. The zero-order chi connectivity index (χ0) is 29.4. The number of likely N-dealkylation sites (tertiary alicyclic amines) is 1. The van der Waals surface area contributed by atoms with E-state index < -0.39 is 11.6 Å². The van der Waals surface area contributed by atoms with E-state index in [1.165, 1.54) is 11.1 Å². The van der Waals surface area contributed by atoms with Gasteiger partial charge in [-0.25, -0.2) is 23.7 Å². The number of fused-ring (bicyclic) bond motifs is 2. The summed E-state index contributed by atoms with van der Waals surface area (Å²) in [4.78, 5) is 20.4. The number of nitrogens with one attached hydrogen (secondary N) is 1. The van der Waals surface area contributed by atoms with Crippen LogP contribution in [-0.4, -0.2) is 84.2 Å². The van der Waals surface area contributed by atoms with Gasteiger partial charge in [-0.15, -0.1) is 11.3 Å². The van der Waals surface area contributed by atoms with E-state index in [0.717, 1.165) is 61.1 Å². The van der Waals surface area contributed by atoms with Crippen LogP contribution in [0.2, 0.25) is 0 Å². The summed E-state index contributed by atoms with van der Waals surface area (Å²) < 4.78 is 36.8. The van der Waals surface area contributed by atoms with Crippen LogP contribution in [0, 0.1) is 11.6 Å². The molecule has 4 aromatic rings. The summed E-state index contributed by atoms with van der Waals surface area (Å²) in [5, 5.41) is 4.38. The number of likely N-dealkylation sites (N-methyl/N-ethyl adjacent to an activating group) is 1. The second kappa shape index (κ2) is 12.1. The molecule has 8 nitrogen and oxygen atoms in total. The fourth-order valence-electron chi connectivity index (χ4n) is 5.68. The Balaban J connectivity index is 1.20. The molecule has 0 saturated carbocycles. The van der Waals surface area contributed by atoms with Gasteiger partial charge in [0.05, 0.1) is 33.7 Å². The SMILES string of the molecule is CC(C)N1CCOc2c(F)cc(-c3nc(Nc4ccc5sc(C6CCN(CCN(C)C)CC6)nc5c4)ncc3F)cc21. The average molecular weight is 594 g/mol. The van der Waals surface area contributed by atoms with Crippen molar-refractivity contribution in [2.24, 2.45) is 0 Å². The molecule has 1 N–H and O–H groups in total. The standard InChI is InChI=1S/C31H37F2N7OS/c1-19(2)40-13-14-41-29-23(32)15-21(16-26(29)40)28-24(33)18-34-31(37-28)35-22-5-6-27-25(17-22)36-30(42-27)20-7-9-39(10-8-20)12-11-38(3)4/h5-6,15-20H,7-14H2,1-4H3,(H,34,35,37). The summed E-state index contributed by atoms with van der Waals surface area (Å²) in [5.41, 5.74) is 2.63. The van der Waals surface area contributed by atoms with Gasteiger partial charge in [0.2, 0.25) is 5.95 Å². The largest absolute Gasteiger partial charge is 0.486 e. The third kappa shape index (κ3) is 6.04. The van der Waals surface area contributed by atoms with Crippen LogP contribution in [0.15, 0.2) is 36.5 Å². The van der Waals surface area contributed by atoms with Gasteiger partial charge in [-0.2, -0.15) is 0 Å². The molecule has 0 spiro atoms. The second-order valence-electron chi connectivity index (χ2n) is 11.6. The van der Waals surface area contributed by atoms with Crippen molar-refractivity contribution in [1.82, 2.24) is 24.8 Å². The number of nitrogens with zero attached hydrogens (tertiary/aromatic N) is 6. The number of ether oxygens (including phenoxy) is 1. The van der Waals surface area contributed by atoms with Crippen LogP contribution < -0.4 is 15.0 Å². The quantitative estimate of drug-likeness (QED) is 0.262. The smallest absolute Gasteiger partial charge is 0.227 e. The highest BCUT2D eigenvalue weighted by atomic mass is 32.1. The molecule has 222 valence electrons. The van der Waals surface area contributed by atoms with E-state index in [2.05, 4.69) is 50.1 Å². The lowest BCUT2D eigenvalue weighted by Gasteiger charge is -2.34. The summed E-state index contributed by atoms with van der Waals surface area (Å²) in [6, 6.07) is 9.13. The zero-order valence-corrected chi connectivity index (χ0v) is 25.3. The van der Waals surface area contributed by atoms with E-state index in [0.29, 0.717) is 30.3 Å². The van der Waals surface area contributed by atoms with Crippen molar-refractivity contribution in [2.75, 3.05) is 63.6 Å². The first-order valence-electron chi connectivity index (χ1n) is 14.6. The summed E-state index contributed by atoms with van der Waals surface area (Å²) in [6.45, 7) is 9.48. The molecule has 0 amide bonds. The summed E-state index contributed by atoms with van der Waals surface area (Å²) in [6.07, 6.45) is 3.35. The number of aromatic nitrogens is 3. The summed E-state index contributed by atoms with van der Waals surface area (Å²) >= 11 is 1.76. The van der Waals surface area contributed by atoms with Gasteiger partial charge in [-0.3, -0.25) is 0 Å². The Bertz CT molecular complexity index is 1570. The van der Waals surface area contributed by atoms with Crippen molar-refractivity contribution in [3.63, 3.8) is 0 Å². The number of thiazole rings is 1. The molecule has 1 saturated heterocycles. The highest BCUT2D eigenvalue weighted by Crippen LogP contribution is 2.40. The number of anilines is 3. The molecule has 0 unspecified atom stereocenters. The van der Waals surface area contributed by atoms with Crippen molar-refractivity contribution >= 4 is 38.9 Å². The van der Waals surface area contributed by atoms with Gasteiger partial charge in [0.1, 0.15) is 12.3 Å². The Morgan fingerprint density at radius 3 is 2.64 bits per heavy atom. The number of hydrogen-bond donors (Lipinski definition) is 1. The predicted molar refractivity (Wildman–Crippen MR) is 165 cm³/mol. The molecule has 2 aromatic heterocycles. The molecule has 2 aromatic carbocycles. The van der Waals surface area contributed by atoms with Crippen LogP contribution in [0.3, 0.4) is 0 Å². The number of piperidine rings is 1. The van der Waals surface area contributed by atoms with E-state index in [-0.39, 0.29) is 23.4 Å². The summed E-state index contributed by atoms with van der Waals surface area (Å²) in [7, 11) is 4.23. The number of hydrogen-bond acceptors (Lipinski definition) is 9. The lowest BCUT2D eigenvalue weighted by Crippen LogP contribution is -2.38. The topological polar surface area (TPSA) is 69.7 Å². The Morgan fingerprint density at radius 1 is 1.07 bits per heavy atom. The molecule has 0 atom stereocenters. The van der Waals surface area contributed by atoms with Crippen LogP contribution >= 0.6 is 11.3 Å². The molecule has 42 heavy (non-hydrogen) atoms. The van der Waals surface area contributed by atoms with E-state index in [9.17, 15) is 4.39 Å². The van der Waals surface area contributed by atoms with Crippen LogP contribution in [-0.2, 0) is 0 Å². The zero-order valence-electron chi connectivity index (χ0n) is 24.5. The first kappa shape index (κ1) is 28.7. The Hall–Kier alpha value is -3.41. The van der Waals surface area contributed by atoms with Gasteiger partial charge < -0.3 is 24.8 Å². The second-order valence-corrected chi connectivity index (χ2v) is 12.7. The van der Waals surface area contributed by atoms with Crippen molar-refractivity contribution < 1.29 is 13.5 Å². The van der Waals surface area contributed by atoms with Crippen LogP contribution in [0.5, 0.6) is 5.75 Å². The molecule has 1 fully saturated rings. The van der Waals surface area contributed by atoms with Crippen molar-refractivity contribution in [3.05, 3.63) is 53.2 Å². The molecule has 0 radical (unpaired) electrons. The minimum Gasteiger partial charge on any atom is -0.486 e. The molecular formula is C31H37F2N7OS. The van der Waals surface area contributed by atoms with E-state index in [1.54, 1.807) is 17.4 Å². The maximum absolute atomic E-state index is 15.1. The third-order valence-electron chi connectivity index (χ3n) is 8.01. The lowest BCUT2D eigenvalue weighted by molar-refractivity contribution is 0.194. The molecule has 4 heterocycles. The highest BCUT2D eigenvalue weighted by molar-refractivity contribution is 7.18. The van der Waals surface area contributed by atoms with Crippen LogP contribution in [0.4, 0.5) is 26.1 Å². The fraction of sp³-hybridized carbons (Fsp3) is 0.452. The Labute approximate surface area is 249 Å². The minimum absolute atomic E-state index is 0.0254. The van der Waals surface area contributed by atoms with Gasteiger partial charge in [0.25, 0.3) is 0 Å². The van der Waals surface area contributed by atoms with Gasteiger partial charge in [0.15, 0.2) is 17.4 Å². The van der Waals surface area contributed by atoms with Gasteiger partial charge in [-0.05, 0) is 84.2 Å². The van der Waals surface area contributed by atoms with Gasteiger partial charge >= 0.3 is 0 Å². The number of rotatable bonds is 8. The lowest BCUT2D eigenvalue weighted by atomic mass is 9.97. The van der Waals surface area contributed by atoms with Crippen LogP contribution in [0.25, 0.3) is 21.5 Å². The number of benzene rings is 2. The molecule has 11 heteroatoms. The first-order chi connectivity index (χ1) is 20.2. The Kier molecular flexibility index (Phi) is 8.24. The molecule has 0 bridgehead atoms. The van der Waals surface area contributed by atoms with Gasteiger partial charge in [-0.1, -0.05) is 0 Å².